The van der Waals surface area contributed by atoms with E-state index in [1.807, 2.05) is 26.8 Å². The Bertz CT molecular complexity index is 576. The maximum atomic E-state index is 12.5. The summed E-state index contributed by atoms with van der Waals surface area (Å²) in [7, 11) is 0. The van der Waals surface area contributed by atoms with Gasteiger partial charge in [0.15, 0.2) is 0 Å². The second-order valence-corrected chi connectivity index (χ2v) is 6.99. The molecular weight excluding hydrogens is 298 g/mol. The maximum absolute atomic E-state index is 12.5. The summed E-state index contributed by atoms with van der Waals surface area (Å²) in [6.45, 7) is 6.30. The van der Waals surface area contributed by atoms with Crippen LogP contribution in [0, 0.1) is 0 Å². The zero-order chi connectivity index (χ0) is 16.3. The van der Waals surface area contributed by atoms with Crippen LogP contribution in [0.25, 0.3) is 0 Å². The molecule has 1 aromatic carbocycles. The average molecular weight is 321 g/mol. The van der Waals surface area contributed by atoms with Crippen molar-refractivity contribution in [1.29, 1.82) is 0 Å². The number of amides is 2. The van der Waals surface area contributed by atoms with E-state index in [2.05, 4.69) is 10.6 Å². The summed E-state index contributed by atoms with van der Waals surface area (Å²) in [5.41, 5.74) is 6.69. The van der Waals surface area contributed by atoms with Crippen LogP contribution in [-0.2, 0) is 4.79 Å². The Kier molecular flexibility index (Phi) is 5.13. The lowest BCUT2D eigenvalue weighted by Crippen LogP contribution is -2.52. The molecule has 1 atom stereocenters. The van der Waals surface area contributed by atoms with E-state index >= 15 is 0 Å². The first-order valence-electron chi connectivity index (χ1n) is 7.59. The Hall–Kier alpha value is -1.53. The quantitative estimate of drug-likeness (QED) is 0.777. The Balaban J connectivity index is 2.22. The van der Waals surface area contributed by atoms with Gasteiger partial charge in [0.1, 0.15) is 0 Å². The standard InChI is InChI=1S/C16H23N3O2S/c1-4-16(5-2,9-17)19-15(21)11-6-7-13-12(8-11)18-14(20)10(3)22-13/h6-8,10H,4-5,9,17H2,1-3H3,(H,18,20)(H,19,21). The van der Waals surface area contributed by atoms with Gasteiger partial charge in [0, 0.05) is 17.0 Å². The summed E-state index contributed by atoms with van der Waals surface area (Å²) in [6.07, 6.45) is 1.56. The predicted molar refractivity (Wildman–Crippen MR) is 90.2 cm³/mol. The van der Waals surface area contributed by atoms with Crippen molar-refractivity contribution in [3.63, 3.8) is 0 Å². The number of rotatable bonds is 5. The number of thioether (sulfide) groups is 1. The summed E-state index contributed by atoms with van der Waals surface area (Å²) >= 11 is 1.50. The van der Waals surface area contributed by atoms with Gasteiger partial charge >= 0.3 is 0 Å². The van der Waals surface area contributed by atoms with Crippen LogP contribution in [0.5, 0.6) is 0 Å². The van der Waals surface area contributed by atoms with Crippen molar-refractivity contribution in [2.75, 3.05) is 11.9 Å². The molecule has 0 saturated carbocycles. The molecule has 0 aliphatic carbocycles. The topological polar surface area (TPSA) is 84.2 Å². The van der Waals surface area contributed by atoms with Gasteiger partial charge in [0.25, 0.3) is 5.91 Å². The van der Waals surface area contributed by atoms with Crippen LogP contribution in [0.2, 0.25) is 0 Å². The highest BCUT2D eigenvalue weighted by atomic mass is 32.2. The third kappa shape index (κ3) is 3.28. The molecule has 0 fully saturated rings. The molecule has 4 N–H and O–H groups in total. The monoisotopic (exact) mass is 321 g/mol. The number of nitrogens with one attached hydrogen (secondary N) is 2. The first-order valence-corrected chi connectivity index (χ1v) is 8.46. The molecule has 5 nitrogen and oxygen atoms in total. The van der Waals surface area contributed by atoms with Gasteiger partial charge in [-0.15, -0.1) is 11.8 Å². The minimum Gasteiger partial charge on any atom is -0.345 e. The molecule has 2 rings (SSSR count). The zero-order valence-corrected chi connectivity index (χ0v) is 14.0. The SMILES string of the molecule is CCC(CC)(CN)NC(=O)c1ccc2c(c1)NC(=O)C(C)S2. The van der Waals surface area contributed by atoms with Crippen LogP contribution in [0.15, 0.2) is 23.1 Å². The number of carbonyl (C=O) groups is 2. The van der Waals surface area contributed by atoms with E-state index in [4.69, 9.17) is 5.73 Å². The van der Waals surface area contributed by atoms with Crippen LogP contribution < -0.4 is 16.4 Å². The lowest BCUT2D eigenvalue weighted by molar-refractivity contribution is -0.115. The summed E-state index contributed by atoms with van der Waals surface area (Å²) in [4.78, 5) is 25.2. The van der Waals surface area contributed by atoms with Gasteiger partial charge in [-0.3, -0.25) is 9.59 Å². The summed E-state index contributed by atoms with van der Waals surface area (Å²) in [5, 5.41) is 5.77. The molecule has 0 bridgehead atoms. The van der Waals surface area contributed by atoms with E-state index in [1.54, 1.807) is 12.1 Å². The molecular formula is C16H23N3O2S. The Morgan fingerprint density at radius 1 is 1.41 bits per heavy atom. The molecule has 1 aliphatic heterocycles. The minimum atomic E-state index is -0.375. The molecule has 6 heteroatoms. The fourth-order valence-corrected chi connectivity index (χ4v) is 3.36. The van der Waals surface area contributed by atoms with E-state index in [1.165, 1.54) is 11.8 Å². The fraction of sp³-hybridized carbons (Fsp3) is 0.500. The van der Waals surface area contributed by atoms with Crippen LogP contribution in [0.4, 0.5) is 5.69 Å². The van der Waals surface area contributed by atoms with E-state index in [-0.39, 0.29) is 22.6 Å². The van der Waals surface area contributed by atoms with E-state index in [0.29, 0.717) is 17.8 Å². The highest BCUT2D eigenvalue weighted by Gasteiger charge is 2.28. The Labute approximate surface area is 135 Å². The van der Waals surface area contributed by atoms with Crippen LogP contribution in [-0.4, -0.2) is 29.1 Å². The lowest BCUT2D eigenvalue weighted by atomic mass is 9.92. The van der Waals surface area contributed by atoms with Crippen LogP contribution in [0.3, 0.4) is 0 Å². The van der Waals surface area contributed by atoms with Gasteiger partial charge in [-0.2, -0.15) is 0 Å². The number of carbonyl (C=O) groups excluding carboxylic acids is 2. The fourth-order valence-electron chi connectivity index (χ4n) is 2.43. The highest BCUT2D eigenvalue weighted by Crippen LogP contribution is 2.36. The summed E-state index contributed by atoms with van der Waals surface area (Å²) in [5.74, 6) is -0.191. The second-order valence-electron chi connectivity index (χ2n) is 5.61. The van der Waals surface area contributed by atoms with Gasteiger partial charge in [-0.1, -0.05) is 13.8 Å². The normalized spacial score (nSPS) is 17.6. The predicted octanol–water partition coefficient (Wildman–Crippen LogP) is 2.37. The van der Waals surface area contributed by atoms with Crippen molar-refractivity contribution in [3.05, 3.63) is 23.8 Å². The van der Waals surface area contributed by atoms with Gasteiger partial charge in [-0.25, -0.2) is 0 Å². The van der Waals surface area contributed by atoms with Gasteiger partial charge in [-0.05, 0) is 38.0 Å². The van der Waals surface area contributed by atoms with Crippen molar-refractivity contribution < 1.29 is 9.59 Å². The molecule has 0 spiro atoms. The third-order valence-electron chi connectivity index (χ3n) is 4.30. The third-order valence-corrected chi connectivity index (χ3v) is 5.47. The molecule has 0 aromatic heterocycles. The average Bonchev–Trinajstić information content (AvgIpc) is 2.53. The van der Waals surface area contributed by atoms with E-state index in [9.17, 15) is 9.59 Å². The molecule has 2 amide bonds. The number of fused-ring (bicyclic) bond motifs is 1. The smallest absolute Gasteiger partial charge is 0.251 e. The molecule has 1 unspecified atom stereocenters. The number of anilines is 1. The molecule has 0 saturated heterocycles. The highest BCUT2D eigenvalue weighted by molar-refractivity contribution is 8.00. The zero-order valence-electron chi connectivity index (χ0n) is 13.2. The largest absolute Gasteiger partial charge is 0.345 e. The van der Waals surface area contributed by atoms with Crippen LogP contribution in [0.1, 0.15) is 44.0 Å². The van der Waals surface area contributed by atoms with Gasteiger partial charge in [0.2, 0.25) is 5.91 Å². The molecule has 1 aliphatic rings. The van der Waals surface area contributed by atoms with E-state index < -0.39 is 0 Å². The molecule has 1 aromatic rings. The maximum Gasteiger partial charge on any atom is 0.251 e. The Morgan fingerprint density at radius 3 is 2.68 bits per heavy atom. The molecule has 1 heterocycles. The minimum absolute atomic E-state index is 0.0338. The number of nitrogens with two attached hydrogens (primary N) is 1. The first-order chi connectivity index (χ1) is 10.4. The van der Waals surface area contributed by atoms with Gasteiger partial charge < -0.3 is 16.4 Å². The number of hydrogen-bond acceptors (Lipinski definition) is 4. The van der Waals surface area contributed by atoms with Crippen molar-refractivity contribution in [1.82, 2.24) is 5.32 Å². The molecule has 22 heavy (non-hydrogen) atoms. The lowest BCUT2D eigenvalue weighted by Gasteiger charge is -2.31. The first kappa shape index (κ1) is 16.8. The second kappa shape index (κ2) is 6.71. The molecule has 120 valence electrons. The Morgan fingerprint density at radius 2 is 2.09 bits per heavy atom. The van der Waals surface area contributed by atoms with Crippen LogP contribution >= 0.6 is 11.8 Å². The summed E-state index contributed by atoms with van der Waals surface area (Å²) in [6, 6.07) is 5.40. The summed E-state index contributed by atoms with van der Waals surface area (Å²) < 4.78 is 0. The van der Waals surface area contributed by atoms with Crippen molar-refractivity contribution in [3.8, 4) is 0 Å². The van der Waals surface area contributed by atoms with Crippen molar-refractivity contribution >= 4 is 29.3 Å². The molecule has 0 radical (unpaired) electrons. The number of hydrogen-bond donors (Lipinski definition) is 3. The van der Waals surface area contributed by atoms with Crippen molar-refractivity contribution in [2.24, 2.45) is 5.73 Å². The van der Waals surface area contributed by atoms with E-state index in [0.717, 1.165) is 17.7 Å². The number of benzene rings is 1. The van der Waals surface area contributed by atoms with Crippen molar-refractivity contribution in [2.45, 2.75) is 49.3 Å². The van der Waals surface area contributed by atoms with Gasteiger partial charge in [0.05, 0.1) is 16.5 Å².